The number of rotatable bonds is 6. The van der Waals surface area contributed by atoms with E-state index in [1.807, 2.05) is 43.3 Å². The maximum atomic E-state index is 13.7. The Hall–Kier alpha value is -3.95. The van der Waals surface area contributed by atoms with Crippen molar-refractivity contribution in [2.24, 2.45) is 0 Å². The van der Waals surface area contributed by atoms with Crippen molar-refractivity contribution >= 4 is 28.2 Å². The van der Waals surface area contributed by atoms with E-state index in [1.54, 1.807) is 10.9 Å². The molecule has 4 heterocycles. The molecule has 39 heavy (non-hydrogen) atoms. The van der Waals surface area contributed by atoms with E-state index in [0.717, 1.165) is 51.6 Å². The number of hydrogen-bond acceptors (Lipinski definition) is 7. The zero-order valence-corrected chi connectivity index (χ0v) is 22.9. The molecule has 10 heteroatoms. The lowest BCUT2D eigenvalue weighted by Crippen LogP contribution is -2.49. The molecule has 0 aliphatic carbocycles. The van der Waals surface area contributed by atoms with Gasteiger partial charge in [0.15, 0.2) is 5.82 Å². The van der Waals surface area contributed by atoms with Gasteiger partial charge in [-0.25, -0.2) is 4.68 Å². The normalized spacial score (nSPS) is 15.2. The number of furan rings is 1. The summed E-state index contributed by atoms with van der Waals surface area (Å²) in [6.07, 6.45) is 1.63. The minimum absolute atomic E-state index is 0.137. The number of benzene rings is 2. The van der Waals surface area contributed by atoms with Crippen LogP contribution in [0.25, 0.3) is 10.9 Å². The van der Waals surface area contributed by atoms with E-state index < -0.39 is 6.04 Å². The average Bonchev–Trinajstić information content (AvgIpc) is 3.62. The number of aromatic amines is 1. The molecule has 1 aliphatic heterocycles. The predicted molar refractivity (Wildman–Crippen MR) is 151 cm³/mol. The van der Waals surface area contributed by atoms with Gasteiger partial charge < -0.3 is 14.3 Å². The van der Waals surface area contributed by atoms with E-state index in [4.69, 9.17) is 16.0 Å². The number of halogens is 1. The van der Waals surface area contributed by atoms with Crippen LogP contribution in [-0.4, -0.2) is 56.3 Å². The summed E-state index contributed by atoms with van der Waals surface area (Å²) in [5, 5.41) is 14.5. The lowest BCUT2D eigenvalue weighted by molar-refractivity contribution is 0.200. The largest absolute Gasteiger partial charge is 0.467 e. The van der Waals surface area contributed by atoms with Gasteiger partial charge in [0.25, 0.3) is 5.56 Å². The van der Waals surface area contributed by atoms with E-state index in [2.05, 4.69) is 56.3 Å². The van der Waals surface area contributed by atoms with Crippen LogP contribution in [0.2, 0.25) is 5.02 Å². The fourth-order valence-electron chi connectivity index (χ4n) is 5.51. The molecular weight excluding hydrogens is 514 g/mol. The van der Waals surface area contributed by atoms with Gasteiger partial charge in [-0.1, -0.05) is 29.8 Å². The van der Waals surface area contributed by atoms with Crippen LogP contribution < -0.4 is 10.5 Å². The van der Waals surface area contributed by atoms with Gasteiger partial charge in [0.05, 0.1) is 11.8 Å². The third-order valence-corrected chi connectivity index (χ3v) is 7.88. The second kappa shape index (κ2) is 10.3. The van der Waals surface area contributed by atoms with Gasteiger partial charge in [0.2, 0.25) is 0 Å². The lowest BCUT2D eigenvalue weighted by Gasteiger charge is -2.40. The molecule has 1 N–H and O–H groups in total. The summed E-state index contributed by atoms with van der Waals surface area (Å²) in [6.45, 7) is 9.53. The van der Waals surface area contributed by atoms with Gasteiger partial charge >= 0.3 is 0 Å². The van der Waals surface area contributed by atoms with Gasteiger partial charge in [-0.15, -0.1) is 5.10 Å². The molecule has 2 aromatic carbocycles. The molecule has 0 unspecified atom stereocenters. The molecule has 6 rings (SSSR count). The van der Waals surface area contributed by atoms with E-state index >= 15 is 0 Å². The Balaban J connectivity index is 1.41. The molecular formula is C29H30ClN7O2. The van der Waals surface area contributed by atoms with Crippen LogP contribution in [0, 0.1) is 20.8 Å². The average molecular weight is 544 g/mol. The molecule has 1 atom stereocenters. The molecule has 3 aromatic heterocycles. The number of H-pyrrole nitrogens is 1. The van der Waals surface area contributed by atoms with E-state index in [1.165, 1.54) is 5.56 Å². The third kappa shape index (κ3) is 4.84. The second-order valence-electron chi connectivity index (χ2n) is 10.2. The Labute approximate surface area is 231 Å². The van der Waals surface area contributed by atoms with Crippen molar-refractivity contribution in [3.63, 3.8) is 0 Å². The molecule has 9 nitrogen and oxygen atoms in total. The summed E-state index contributed by atoms with van der Waals surface area (Å²) < 4.78 is 7.30. The number of fused-ring (bicyclic) bond motifs is 1. The second-order valence-corrected chi connectivity index (χ2v) is 10.6. The molecule has 0 saturated carbocycles. The van der Waals surface area contributed by atoms with Crippen LogP contribution in [0.15, 0.2) is 64.0 Å². The predicted octanol–water partition coefficient (Wildman–Crippen LogP) is 4.65. The zero-order chi connectivity index (χ0) is 27.1. The number of hydrogen-bond donors (Lipinski definition) is 1. The highest BCUT2D eigenvalue weighted by Gasteiger charge is 2.33. The van der Waals surface area contributed by atoms with Crippen LogP contribution in [-0.2, 0) is 6.54 Å². The summed E-state index contributed by atoms with van der Waals surface area (Å²) in [5.41, 5.74) is 5.80. The standard InChI is InChI=1S/C29H30ClN7O2/c1-18-6-7-20(3)26-23(18)16-24(29(38)31-26)27(28-32-33-34-37(28)17-22-5-4-14-39-22)36-12-10-35(11-13-36)25-15-21(30)9-8-19(25)2/h4-9,14-16,27H,10-13,17H2,1-3H3,(H,31,38)/t27-/m0/s1. The summed E-state index contributed by atoms with van der Waals surface area (Å²) in [7, 11) is 0. The molecule has 1 fully saturated rings. The summed E-state index contributed by atoms with van der Waals surface area (Å²) in [5.74, 6) is 1.34. The molecule has 0 radical (unpaired) electrons. The first kappa shape index (κ1) is 25.3. The van der Waals surface area contributed by atoms with Crippen molar-refractivity contribution in [2.75, 3.05) is 31.1 Å². The first-order valence-corrected chi connectivity index (χ1v) is 13.4. The highest BCUT2D eigenvalue weighted by atomic mass is 35.5. The van der Waals surface area contributed by atoms with Gasteiger partial charge in [0, 0.05) is 47.8 Å². The Bertz CT molecular complexity index is 1680. The van der Waals surface area contributed by atoms with Crippen molar-refractivity contribution in [3.8, 4) is 0 Å². The van der Waals surface area contributed by atoms with Gasteiger partial charge in [0.1, 0.15) is 18.3 Å². The van der Waals surface area contributed by atoms with Gasteiger partial charge in [-0.05, 0) is 78.2 Å². The zero-order valence-electron chi connectivity index (χ0n) is 22.2. The Morgan fingerprint density at radius 1 is 1.00 bits per heavy atom. The van der Waals surface area contributed by atoms with Crippen LogP contribution in [0.3, 0.4) is 0 Å². The topological polar surface area (TPSA) is 96.1 Å². The number of nitrogens with one attached hydrogen (secondary N) is 1. The van der Waals surface area contributed by atoms with Crippen LogP contribution in [0.1, 0.15) is 39.9 Å². The summed E-state index contributed by atoms with van der Waals surface area (Å²) >= 11 is 6.32. The monoisotopic (exact) mass is 543 g/mol. The fraction of sp³-hybridized carbons (Fsp3) is 0.310. The first-order chi connectivity index (χ1) is 18.9. The third-order valence-electron chi connectivity index (χ3n) is 7.65. The van der Waals surface area contributed by atoms with Crippen molar-refractivity contribution in [1.29, 1.82) is 0 Å². The maximum absolute atomic E-state index is 13.7. The van der Waals surface area contributed by atoms with E-state index in [0.29, 0.717) is 31.0 Å². The van der Waals surface area contributed by atoms with E-state index in [-0.39, 0.29) is 5.56 Å². The van der Waals surface area contributed by atoms with Crippen molar-refractivity contribution in [1.82, 2.24) is 30.1 Å². The summed E-state index contributed by atoms with van der Waals surface area (Å²) in [6, 6.07) is 15.4. The SMILES string of the molecule is Cc1ccc(Cl)cc1N1CCN([C@@H](c2cc3c(C)ccc(C)c3[nH]c2=O)c2nnnn2Cc2ccco2)CC1. The van der Waals surface area contributed by atoms with Crippen molar-refractivity contribution in [3.05, 3.63) is 104 Å². The minimum Gasteiger partial charge on any atom is -0.467 e. The number of piperazine rings is 1. The van der Waals surface area contributed by atoms with Crippen LogP contribution in [0.5, 0.6) is 0 Å². The molecule has 200 valence electrons. The van der Waals surface area contributed by atoms with Gasteiger partial charge in [-0.2, -0.15) is 0 Å². The number of tetrazole rings is 1. The molecule has 1 aliphatic rings. The Kier molecular flexibility index (Phi) is 6.70. The number of anilines is 1. The van der Waals surface area contributed by atoms with Crippen LogP contribution in [0.4, 0.5) is 5.69 Å². The highest BCUT2D eigenvalue weighted by molar-refractivity contribution is 6.30. The Morgan fingerprint density at radius 3 is 2.54 bits per heavy atom. The number of aromatic nitrogens is 5. The number of nitrogens with zero attached hydrogens (tertiary/aromatic N) is 6. The maximum Gasteiger partial charge on any atom is 0.253 e. The quantitative estimate of drug-likeness (QED) is 0.333. The van der Waals surface area contributed by atoms with Gasteiger partial charge in [-0.3, -0.25) is 9.69 Å². The number of aryl methyl sites for hydroxylation is 3. The van der Waals surface area contributed by atoms with Crippen LogP contribution >= 0.6 is 11.6 Å². The molecule has 0 amide bonds. The smallest absolute Gasteiger partial charge is 0.253 e. The lowest BCUT2D eigenvalue weighted by atomic mass is 9.99. The molecule has 5 aromatic rings. The molecule has 0 bridgehead atoms. The fourth-order valence-corrected chi connectivity index (χ4v) is 5.67. The molecule has 1 saturated heterocycles. The minimum atomic E-state index is -0.439. The first-order valence-electron chi connectivity index (χ1n) is 13.1. The Morgan fingerprint density at radius 2 is 1.77 bits per heavy atom. The van der Waals surface area contributed by atoms with E-state index in [9.17, 15) is 4.79 Å². The molecule has 0 spiro atoms. The van der Waals surface area contributed by atoms with Crippen molar-refractivity contribution in [2.45, 2.75) is 33.4 Å². The summed E-state index contributed by atoms with van der Waals surface area (Å²) in [4.78, 5) is 21.5. The number of pyridine rings is 1. The van der Waals surface area contributed by atoms with Crippen molar-refractivity contribution < 1.29 is 4.42 Å². The highest BCUT2D eigenvalue weighted by Crippen LogP contribution is 2.31.